The van der Waals surface area contributed by atoms with E-state index in [1.54, 1.807) is 18.7 Å². The van der Waals surface area contributed by atoms with Crippen molar-refractivity contribution >= 4 is 23.3 Å². The number of rotatable bonds is 5. The summed E-state index contributed by atoms with van der Waals surface area (Å²) in [6, 6.07) is 22.8. The van der Waals surface area contributed by atoms with E-state index in [1.165, 1.54) is 0 Å². The van der Waals surface area contributed by atoms with Crippen molar-refractivity contribution in [1.29, 1.82) is 0 Å². The molecule has 1 saturated carbocycles. The highest BCUT2D eigenvalue weighted by Gasteiger charge is 2.39. The van der Waals surface area contributed by atoms with Crippen molar-refractivity contribution in [3.63, 3.8) is 0 Å². The normalized spacial score (nSPS) is 14.9. The van der Waals surface area contributed by atoms with E-state index < -0.39 is 0 Å². The highest BCUT2D eigenvalue weighted by molar-refractivity contribution is 7.98. The zero-order valence-electron chi connectivity index (χ0n) is 17.6. The predicted octanol–water partition coefficient (Wildman–Crippen LogP) is 5.30. The Morgan fingerprint density at radius 2 is 1.74 bits per heavy atom. The minimum Gasteiger partial charge on any atom is -0.347 e. The molecular formula is C25H24N4OS. The molecule has 6 heteroatoms. The number of benzene rings is 2. The van der Waals surface area contributed by atoms with Gasteiger partial charge in [0.2, 0.25) is 5.91 Å². The Labute approximate surface area is 185 Å². The maximum absolute atomic E-state index is 11.7. The van der Waals surface area contributed by atoms with Crippen LogP contribution in [0, 0.1) is 0 Å². The van der Waals surface area contributed by atoms with Crippen molar-refractivity contribution < 1.29 is 4.79 Å². The van der Waals surface area contributed by atoms with E-state index in [4.69, 9.17) is 10.1 Å². The molecule has 0 radical (unpaired) electrons. The number of nitrogens with zero attached hydrogens (tertiary/aromatic N) is 3. The number of imidazole rings is 1. The van der Waals surface area contributed by atoms with Crippen LogP contribution in [0.25, 0.3) is 28.2 Å². The number of carbonyl (C=O) groups excluding carboxylic acids is 1. The molecule has 1 aliphatic rings. The maximum Gasteiger partial charge on any atom is 0.217 e. The highest BCUT2D eigenvalue weighted by atomic mass is 32.2. The van der Waals surface area contributed by atoms with Crippen LogP contribution in [-0.4, -0.2) is 26.8 Å². The van der Waals surface area contributed by atoms with Crippen molar-refractivity contribution in [2.45, 2.75) is 36.8 Å². The molecule has 0 atom stereocenters. The Balaban J connectivity index is 1.62. The second-order valence-electron chi connectivity index (χ2n) is 8.01. The number of carbonyl (C=O) groups is 1. The van der Waals surface area contributed by atoms with Crippen LogP contribution in [0.4, 0.5) is 0 Å². The standard InChI is InChI=1S/C25H24N4OS/c1-17(30)27-25(15-6-16-25)20-11-9-18(10-12-20)23-24(19-7-4-3-5-8-19)29-21(26-23)13-14-22(28-29)31-2/h3-5,7-14H,6,15-16H2,1-2H3,(H,27,30). The summed E-state index contributed by atoms with van der Waals surface area (Å²) in [5.74, 6) is 0.0196. The summed E-state index contributed by atoms with van der Waals surface area (Å²) in [5, 5.41) is 8.92. The molecule has 2 heterocycles. The number of fused-ring (bicyclic) bond motifs is 1. The van der Waals surface area contributed by atoms with Crippen LogP contribution >= 0.6 is 11.8 Å². The fourth-order valence-electron chi connectivity index (χ4n) is 4.38. The SMILES string of the molecule is CSc1ccc2nc(-c3ccc(C4(NC(C)=O)CCC4)cc3)c(-c3ccccc3)n2n1. The summed E-state index contributed by atoms with van der Waals surface area (Å²) in [6.07, 6.45) is 5.13. The molecule has 5 nitrogen and oxygen atoms in total. The summed E-state index contributed by atoms with van der Waals surface area (Å²) in [7, 11) is 0. The molecule has 4 aromatic rings. The van der Waals surface area contributed by atoms with Gasteiger partial charge in [0.25, 0.3) is 0 Å². The fourth-order valence-corrected chi connectivity index (χ4v) is 4.75. The van der Waals surface area contributed by atoms with E-state index in [9.17, 15) is 4.79 Å². The predicted molar refractivity (Wildman–Crippen MR) is 125 cm³/mol. The fraction of sp³-hybridized carbons (Fsp3) is 0.240. The molecule has 0 unspecified atom stereocenters. The molecule has 1 amide bonds. The molecule has 0 aliphatic heterocycles. The zero-order valence-corrected chi connectivity index (χ0v) is 18.4. The van der Waals surface area contributed by atoms with Crippen LogP contribution < -0.4 is 5.32 Å². The Morgan fingerprint density at radius 1 is 1.00 bits per heavy atom. The third kappa shape index (κ3) is 3.51. The number of amides is 1. The van der Waals surface area contributed by atoms with Crippen molar-refractivity contribution in [3.8, 4) is 22.5 Å². The molecule has 0 saturated heterocycles. The number of nitrogens with one attached hydrogen (secondary N) is 1. The minimum atomic E-state index is -0.222. The summed E-state index contributed by atoms with van der Waals surface area (Å²) in [5.41, 5.74) is 5.77. The molecule has 1 aliphatic carbocycles. The molecule has 2 aromatic heterocycles. The molecule has 31 heavy (non-hydrogen) atoms. The average Bonchev–Trinajstić information content (AvgIpc) is 3.15. The van der Waals surface area contributed by atoms with E-state index in [-0.39, 0.29) is 11.4 Å². The molecule has 5 rings (SSSR count). The van der Waals surface area contributed by atoms with E-state index in [1.807, 2.05) is 41.1 Å². The van der Waals surface area contributed by atoms with E-state index in [0.717, 1.165) is 58.0 Å². The largest absolute Gasteiger partial charge is 0.347 e. The van der Waals surface area contributed by atoms with Gasteiger partial charge in [0.1, 0.15) is 10.7 Å². The van der Waals surface area contributed by atoms with Crippen LogP contribution in [0.15, 0.2) is 71.8 Å². The monoisotopic (exact) mass is 428 g/mol. The van der Waals surface area contributed by atoms with Gasteiger partial charge in [-0.15, -0.1) is 11.8 Å². The van der Waals surface area contributed by atoms with Crippen LogP contribution in [-0.2, 0) is 10.3 Å². The minimum absolute atomic E-state index is 0.0196. The van der Waals surface area contributed by atoms with Gasteiger partial charge < -0.3 is 5.32 Å². The quantitative estimate of drug-likeness (QED) is 0.438. The van der Waals surface area contributed by atoms with Gasteiger partial charge in [0, 0.05) is 18.1 Å². The first kappa shape index (κ1) is 19.8. The Kier molecular flexibility index (Phi) is 5.02. The molecule has 156 valence electrons. The number of aromatic nitrogens is 3. The number of hydrogen-bond acceptors (Lipinski definition) is 4. The summed E-state index contributed by atoms with van der Waals surface area (Å²) in [6.45, 7) is 1.59. The first-order valence-electron chi connectivity index (χ1n) is 10.5. The van der Waals surface area contributed by atoms with Crippen LogP contribution in [0.1, 0.15) is 31.7 Å². The summed E-state index contributed by atoms with van der Waals surface area (Å²) >= 11 is 1.62. The van der Waals surface area contributed by atoms with Gasteiger partial charge >= 0.3 is 0 Å². The molecule has 0 spiro atoms. The van der Waals surface area contributed by atoms with Gasteiger partial charge in [-0.2, -0.15) is 5.10 Å². The van der Waals surface area contributed by atoms with Crippen molar-refractivity contribution in [3.05, 3.63) is 72.3 Å². The van der Waals surface area contributed by atoms with Crippen LogP contribution in [0.2, 0.25) is 0 Å². The average molecular weight is 429 g/mol. The first-order valence-corrected chi connectivity index (χ1v) is 11.7. The smallest absolute Gasteiger partial charge is 0.217 e. The van der Waals surface area contributed by atoms with Gasteiger partial charge in [0.05, 0.1) is 11.2 Å². The lowest BCUT2D eigenvalue weighted by atomic mass is 9.71. The molecule has 0 bridgehead atoms. The summed E-state index contributed by atoms with van der Waals surface area (Å²) < 4.78 is 1.94. The maximum atomic E-state index is 11.7. The lowest BCUT2D eigenvalue weighted by Gasteiger charge is -2.43. The van der Waals surface area contributed by atoms with Crippen molar-refractivity contribution in [1.82, 2.24) is 19.9 Å². The van der Waals surface area contributed by atoms with Gasteiger partial charge in [-0.3, -0.25) is 4.79 Å². The Hall–Kier alpha value is -3.12. The third-order valence-electron chi connectivity index (χ3n) is 6.04. The zero-order chi connectivity index (χ0) is 21.4. The third-order valence-corrected chi connectivity index (χ3v) is 6.68. The Morgan fingerprint density at radius 3 is 2.35 bits per heavy atom. The highest BCUT2D eigenvalue weighted by Crippen LogP contribution is 2.42. The molecule has 1 fully saturated rings. The van der Waals surface area contributed by atoms with Gasteiger partial charge in [-0.25, -0.2) is 9.50 Å². The molecular weight excluding hydrogens is 404 g/mol. The lowest BCUT2D eigenvalue weighted by Crippen LogP contribution is -2.50. The molecule has 2 aromatic carbocycles. The van der Waals surface area contributed by atoms with Gasteiger partial charge in [-0.05, 0) is 43.2 Å². The van der Waals surface area contributed by atoms with E-state index in [0.29, 0.717) is 0 Å². The van der Waals surface area contributed by atoms with E-state index in [2.05, 4.69) is 41.7 Å². The first-order chi connectivity index (χ1) is 15.1. The molecule has 1 N–H and O–H groups in total. The van der Waals surface area contributed by atoms with E-state index >= 15 is 0 Å². The lowest BCUT2D eigenvalue weighted by molar-refractivity contribution is -0.122. The second kappa shape index (κ2) is 7.85. The topological polar surface area (TPSA) is 59.3 Å². The second-order valence-corrected chi connectivity index (χ2v) is 8.84. The van der Waals surface area contributed by atoms with Crippen molar-refractivity contribution in [2.75, 3.05) is 6.26 Å². The Bertz CT molecular complexity index is 1240. The summed E-state index contributed by atoms with van der Waals surface area (Å²) in [4.78, 5) is 16.7. The van der Waals surface area contributed by atoms with Crippen LogP contribution in [0.3, 0.4) is 0 Å². The van der Waals surface area contributed by atoms with Crippen LogP contribution in [0.5, 0.6) is 0 Å². The number of hydrogen-bond donors (Lipinski definition) is 1. The van der Waals surface area contributed by atoms with Gasteiger partial charge in [0.15, 0.2) is 5.65 Å². The number of thioether (sulfide) groups is 1. The van der Waals surface area contributed by atoms with Crippen molar-refractivity contribution in [2.24, 2.45) is 0 Å². The van der Waals surface area contributed by atoms with Gasteiger partial charge in [-0.1, -0.05) is 54.6 Å².